The number of carbonyl (C=O) groups is 3. The molecule has 0 aliphatic rings. The smallest absolute Gasteiger partial charge is 0.222 e. The molecule has 0 spiro atoms. The van der Waals surface area contributed by atoms with Gasteiger partial charge in [0, 0.05) is 56.5 Å². The fourth-order valence-corrected chi connectivity index (χ4v) is 4.05. The molecule has 0 bridgehead atoms. The summed E-state index contributed by atoms with van der Waals surface area (Å²) in [6.07, 6.45) is 0.412. The molecule has 18 heteroatoms. The monoisotopic (exact) mass is 946 g/mol. The first-order chi connectivity index (χ1) is 29.5. The molecular formula is C46H111N3O15. The first kappa shape index (κ1) is 79.1. The zero-order chi connectivity index (χ0) is 45.4. The topological polar surface area (TPSA) is 198 Å². The Kier molecular flexibility index (Phi) is 92.9. The van der Waals surface area contributed by atoms with Gasteiger partial charge in [-0.3, -0.25) is 14.4 Å². The van der Waals surface area contributed by atoms with Gasteiger partial charge in [0.1, 0.15) is 0 Å². The summed E-state index contributed by atoms with van der Waals surface area (Å²) in [6.45, 7) is 28.6. The van der Waals surface area contributed by atoms with Crippen LogP contribution in [0, 0.1) is 0 Å². The van der Waals surface area contributed by atoms with Crippen LogP contribution in [0.1, 0.15) is 116 Å². The highest BCUT2D eigenvalue weighted by Gasteiger charge is 2.14. The number of nitrogens with one attached hydrogen (secondary N) is 3. The molecule has 0 unspecified atom stereocenters. The van der Waals surface area contributed by atoms with Gasteiger partial charge in [-0.15, -0.1) is 0 Å². The zero-order valence-corrected chi connectivity index (χ0v) is 39.2. The molecule has 0 aromatic rings. The van der Waals surface area contributed by atoms with E-state index >= 15 is 0 Å². The van der Waals surface area contributed by atoms with Gasteiger partial charge >= 0.3 is 0 Å². The lowest BCUT2D eigenvalue weighted by Crippen LogP contribution is -2.42. The van der Waals surface area contributed by atoms with Crippen molar-refractivity contribution in [1.29, 1.82) is 0 Å². The Morgan fingerprint density at radius 1 is 0.344 bits per heavy atom. The second-order valence-corrected chi connectivity index (χ2v) is 11.2. The summed E-state index contributed by atoms with van der Waals surface area (Å²) in [7, 11) is 0. The number of amides is 3. The number of rotatable bonds is 44. The second kappa shape index (κ2) is 75.2. The molecule has 0 aromatic carbocycles. The van der Waals surface area contributed by atoms with Crippen molar-refractivity contribution >= 4 is 17.7 Å². The van der Waals surface area contributed by atoms with Gasteiger partial charge in [-0.25, -0.2) is 0 Å². The van der Waals surface area contributed by atoms with E-state index in [9.17, 15) is 14.4 Å². The van der Waals surface area contributed by atoms with E-state index in [1.165, 1.54) is 0 Å². The van der Waals surface area contributed by atoms with Crippen LogP contribution in [0.15, 0.2) is 0 Å². The van der Waals surface area contributed by atoms with Crippen molar-refractivity contribution in [2.24, 2.45) is 0 Å². The normalized spacial score (nSPS) is 9.84. The average Bonchev–Trinajstić information content (AvgIpc) is 3.27. The molecule has 0 radical (unpaired) electrons. The Hall–Kier alpha value is -2.07. The highest BCUT2D eigenvalue weighted by molar-refractivity contribution is 5.77. The third-order valence-corrected chi connectivity index (χ3v) is 6.78. The Balaban J connectivity index is -0.000000257. The van der Waals surface area contributed by atoms with Gasteiger partial charge in [0.25, 0.3) is 0 Å². The van der Waals surface area contributed by atoms with Gasteiger partial charge in [0.15, 0.2) is 0 Å². The van der Waals surface area contributed by atoms with Crippen molar-refractivity contribution in [3.05, 3.63) is 0 Å². The Morgan fingerprint density at radius 3 is 0.875 bits per heavy atom. The van der Waals surface area contributed by atoms with Crippen LogP contribution in [0.2, 0.25) is 0 Å². The van der Waals surface area contributed by atoms with E-state index in [1.54, 1.807) is 0 Å². The molecule has 0 rings (SSSR count). The molecule has 0 heterocycles. The summed E-state index contributed by atoms with van der Waals surface area (Å²) in [5.74, 6) is -0.604. The van der Waals surface area contributed by atoms with Crippen LogP contribution in [0.5, 0.6) is 0 Å². The predicted molar refractivity (Wildman–Crippen MR) is 266 cm³/mol. The number of carbonyl (C=O) groups excluding carboxylic acids is 3. The third kappa shape index (κ3) is 71.6. The van der Waals surface area contributed by atoms with E-state index in [0.717, 1.165) is 0 Å². The van der Waals surface area contributed by atoms with Crippen molar-refractivity contribution in [3.8, 4) is 0 Å². The summed E-state index contributed by atoms with van der Waals surface area (Å²) >= 11 is 0. The molecule has 0 saturated carbocycles. The van der Waals surface area contributed by atoms with Crippen LogP contribution in [0.25, 0.3) is 0 Å². The van der Waals surface area contributed by atoms with Gasteiger partial charge in [0.05, 0.1) is 145 Å². The number of hydrogen-bond acceptors (Lipinski definition) is 15. The summed E-state index contributed by atoms with van der Waals surface area (Å²) in [5.41, 5.74) is 0. The molecule has 0 fully saturated rings. The van der Waals surface area contributed by atoms with Crippen molar-refractivity contribution in [2.75, 3.05) is 172 Å². The fourth-order valence-electron chi connectivity index (χ4n) is 4.05. The molecule has 3 amide bonds. The summed E-state index contributed by atoms with van der Waals surface area (Å²) in [4.78, 5) is 37.0. The van der Waals surface area contributed by atoms with Crippen LogP contribution in [0.3, 0.4) is 0 Å². The maximum Gasteiger partial charge on any atom is 0.222 e. The van der Waals surface area contributed by atoms with Crippen LogP contribution >= 0.6 is 0 Å². The standard InChI is InChI=1S/C36H71N3O15.3C2H6.4CH4.3H2/c1-4-43-17-20-49-27-24-47-15-10-37-34(40)7-13-53-31-33(39-36(42)9-12-46-23-26-52-30-29-51-22-19-45-6-3)32-54-14-8-35(41)38-11-16-48-25-28-50-21-18-44-5-2;3*1-2;;;;;;;/h33H,4-32H2,1-3H3,(H,37,40)(H,38,41)(H,39,42);3*1-2H3;4*1H4;3*1H. The van der Waals surface area contributed by atoms with E-state index < -0.39 is 6.04 Å². The van der Waals surface area contributed by atoms with Crippen molar-refractivity contribution in [1.82, 2.24) is 16.0 Å². The number of hydrogen-bond donors (Lipinski definition) is 3. The minimum absolute atomic E-state index is 0. The van der Waals surface area contributed by atoms with Gasteiger partial charge in [-0.2, -0.15) is 0 Å². The van der Waals surface area contributed by atoms with Crippen LogP contribution in [-0.4, -0.2) is 195 Å². The van der Waals surface area contributed by atoms with E-state index in [4.69, 9.17) is 56.8 Å². The maximum atomic E-state index is 12.6. The predicted octanol–water partition coefficient (Wildman–Crippen LogP) is 6.49. The zero-order valence-electron chi connectivity index (χ0n) is 39.2. The molecule has 64 heavy (non-hydrogen) atoms. The van der Waals surface area contributed by atoms with Crippen LogP contribution < -0.4 is 16.0 Å². The van der Waals surface area contributed by atoms with Gasteiger partial charge in [0.2, 0.25) is 17.7 Å². The minimum Gasteiger partial charge on any atom is -0.379 e. The Bertz CT molecular complexity index is 811. The van der Waals surface area contributed by atoms with Gasteiger partial charge in [-0.1, -0.05) is 71.2 Å². The van der Waals surface area contributed by atoms with Gasteiger partial charge in [-0.05, 0) is 20.8 Å². The fraction of sp³-hybridized carbons (Fsp3) is 0.935. The lowest BCUT2D eigenvalue weighted by molar-refractivity contribution is -0.126. The first-order valence-corrected chi connectivity index (χ1v) is 22.3. The van der Waals surface area contributed by atoms with E-state index in [1.807, 2.05) is 62.3 Å². The lowest BCUT2D eigenvalue weighted by atomic mass is 10.3. The summed E-state index contributed by atoms with van der Waals surface area (Å²) in [6, 6.07) is -0.497. The summed E-state index contributed by atoms with van der Waals surface area (Å²) in [5, 5.41) is 8.44. The molecule has 0 aliphatic carbocycles. The van der Waals surface area contributed by atoms with Gasteiger partial charge < -0.3 is 72.8 Å². The molecular weight excluding hydrogens is 835 g/mol. The second-order valence-electron chi connectivity index (χ2n) is 11.2. The summed E-state index contributed by atoms with van der Waals surface area (Å²) < 4.78 is 65.0. The average molecular weight is 946 g/mol. The molecule has 0 atom stereocenters. The maximum absolute atomic E-state index is 12.6. The Labute approximate surface area is 397 Å². The minimum atomic E-state index is -0.497. The third-order valence-electron chi connectivity index (χ3n) is 6.78. The van der Waals surface area contributed by atoms with E-state index in [0.29, 0.717) is 139 Å². The van der Waals surface area contributed by atoms with E-state index in [-0.39, 0.29) is 104 Å². The van der Waals surface area contributed by atoms with Crippen LogP contribution in [-0.2, 0) is 71.2 Å². The largest absolute Gasteiger partial charge is 0.379 e. The van der Waals surface area contributed by atoms with Crippen molar-refractivity contribution < 1.29 is 75.5 Å². The van der Waals surface area contributed by atoms with E-state index in [2.05, 4.69) is 16.0 Å². The van der Waals surface area contributed by atoms with Crippen LogP contribution in [0.4, 0.5) is 0 Å². The van der Waals surface area contributed by atoms with Crippen molar-refractivity contribution in [2.45, 2.75) is 117 Å². The first-order valence-electron chi connectivity index (χ1n) is 22.3. The Morgan fingerprint density at radius 2 is 0.578 bits per heavy atom. The molecule has 400 valence electrons. The molecule has 18 nitrogen and oxygen atoms in total. The van der Waals surface area contributed by atoms with Crippen molar-refractivity contribution in [3.63, 3.8) is 0 Å². The highest BCUT2D eigenvalue weighted by Crippen LogP contribution is 1.96. The highest BCUT2D eigenvalue weighted by atomic mass is 16.6. The molecule has 3 N–H and O–H groups in total. The number of ether oxygens (including phenoxy) is 12. The molecule has 0 aliphatic heterocycles. The lowest BCUT2D eigenvalue weighted by Gasteiger charge is -2.19. The molecule has 0 aromatic heterocycles. The molecule has 0 saturated heterocycles. The quantitative estimate of drug-likeness (QED) is 0.0560. The SMILES string of the molecule is C.C.C.C.CC.CC.CC.CCOCCOCCOCCNC(=O)CCOCC(COCCC(=O)NCCOCCOCCOCC)NC(=O)CCOCCOCCOCCOCC.[HH].[HH].[HH].